The van der Waals surface area contributed by atoms with E-state index < -0.39 is 11.7 Å². The summed E-state index contributed by atoms with van der Waals surface area (Å²) in [7, 11) is 0. The van der Waals surface area contributed by atoms with Gasteiger partial charge in [0.2, 0.25) is 0 Å². The highest BCUT2D eigenvalue weighted by atomic mass is 19.4. The van der Waals surface area contributed by atoms with E-state index in [0.717, 1.165) is 43.6 Å². The number of likely N-dealkylation sites (tertiary alicyclic amines) is 1. The topological polar surface area (TPSA) is 23.5 Å². The molecule has 1 saturated heterocycles. The summed E-state index contributed by atoms with van der Waals surface area (Å²) in [6, 6.07) is 4.92. The smallest absolute Gasteiger partial charge is 0.394 e. The van der Waals surface area contributed by atoms with Crippen molar-refractivity contribution >= 4 is 0 Å². The number of hydrogen-bond donors (Lipinski definition) is 1. The van der Waals surface area contributed by atoms with Crippen molar-refractivity contribution in [2.75, 3.05) is 19.7 Å². The second-order valence-electron chi connectivity index (χ2n) is 4.91. The molecule has 0 aromatic heterocycles. The third-order valence-corrected chi connectivity index (χ3v) is 3.63. The van der Waals surface area contributed by atoms with Crippen LogP contribution in [0.2, 0.25) is 0 Å². The molecule has 1 aliphatic heterocycles. The molecule has 0 aliphatic carbocycles. The summed E-state index contributed by atoms with van der Waals surface area (Å²) < 4.78 is 37.5. The van der Waals surface area contributed by atoms with Crippen molar-refractivity contribution < 1.29 is 18.3 Å². The molecule has 2 nitrogen and oxygen atoms in total. The van der Waals surface area contributed by atoms with Crippen LogP contribution in [0.25, 0.3) is 0 Å². The van der Waals surface area contributed by atoms with E-state index in [1.165, 1.54) is 18.6 Å². The minimum absolute atomic E-state index is 0.0641. The van der Waals surface area contributed by atoms with Gasteiger partial charge in [0.05, 0.1) is 18.2 Å². The quantitative estimate of drug-likeness (QED) is 0.914. The fraction of sp³-hybridized carbons (Fsp3) is 0.571. The van der Waals surface area contributed by atoms with Crippen molar-refractivity contribution in [3.05, 3.63) is 35.4 Å². The molecule has 19 heavy (non-hydrogen) atoms. The Hall–Kier alpha value is -1.07. The molecule has 2 rings (SSSR count). The van der Waals surface area contributed by atoms with Gasteiger partial charge in [-0.05, 0) is 43.6 Å². The number of nitrogens with zero attached hydrogens (tertiary/aromatic N) is 1. The molecule has 1 aliphatic rings. The number of hydrogen-bond acceptors (Lipinski definition) is 2. The molecule has 1 aromatic carbocycles. The van der Waals surface area contributed by atoms with E-state index in [1.807, 2.05) is 0 Å². The SMILES string of the molecule is OCC(c1ccc(C(F)(F)F)cc1)N1CCCCC1. The van der Waals surface area contributed by atoms with Crippen molar-refractivity contribution in [1.29, 1.82) is 0 Å². The van der Waals surface area contributed by atoms with Gasteiger partial charge >= 0.3 is 6.18 Å². The van der Waals surface area contributed by atoms with E-state index in [0.29, 0.717) is 0 Å². The predicted molar refractivity (Wildman–Crippen MR) is 66.7 cm³/mol. The van der Waals surface area contributed by atoms with E-state index in [1.54, 1.807) is 0 Å². The van der Waals surface area contributed by atoms with Crippen LogP contribution in [0.5, 0.6) is 0 Å². The lowest BCUT2D eigenvalue weighted by Crippen LogP contribution is -2.35. The zero-order valence-electron chi connectivity index (χ0n) is 10.7. The summed E-state index contributed by atoms with van der Waals surface area (Å²) in [4.78, 5) is 2.14. The number of aliphatic hydroxyl groups is 1. The van der Waals surface area contributed by atoms with Gasteiger partial charge in [-0.25, -0.2) is 0 Å². The van der Waals surface area contributed by atoms with Crippen LogP contribution in [0, 0.1) is 0 Å². The number of rotatable bonds is 3. The molecule has 5 heteroatoms. The summed E-state index contributed by atoms with van der Waals surface area (Å²) in [5.41, 5.74) is 0.101. The van der Waals surface area contributed by atoms with Gasteiger partial charge in [0.15, 0.2) is 0 Å². The summed E-state index contributed by atoms with van der Waals surface area (Å²) >= 11 is 0. The lowest BCUT2D eigenvalue weighted by Gasteiger charge is -2.33. The molecule has 1 fully saturated rings. The Morgan fingerprint density at radius 3 is 2.11 bits per heavy atom. The standard InChI is InChI=1S/C14H18F3NO/c15-14(16,17)12-6-4-11(5-7-12)13(10-19)18-8-2-1-3-9-18/h4-7,13,19H,1-3,8-10H2. The van der Waals surface area contributed by atoms with E-state index in [-0.39, 0.29) is 12.6 Å². The van der Waals surface area contributed by atoms with Gasteiger partial charge in [-0.15, -0.1) is 0 Å². The normalized spacial score (nSPS) is 19.4. The summed E-state index contributed by atoms with van der Waals surface area (Å²) in [6.45, 7) is 1.73. The predicted octanol–water partition coefficient (Wildman–Crippen LogP) is 3.22. The fourth-order valence-electron chi connectivity index (χ4n) is 2.56. The van der Waals surface area contributed by atoms with Crippen molar-refractivity contribution in [2.24, 2.45) is 0 Å². The highest BCUT2D eigenvalue weighted by Crippen LogP contribution is 2.31. The second kappa shape index (κ2) is 5.92. The minimum Gasteiger partial charge on any atom is -0.394 e. The van der Waals surface area contributed by atoms with Crippen LogP contribution >= 0.6 is 0 Å². The second-order valence-corrected chi connectivity index (χ2v) is 4.91. The number of aliphatic hydroxyl groups excluding tert-OH is 1. The Bertz CT molecular complexity index is 396. The lowest BCUT2D eigenvalue weighted by molar-refractivity contribution is -0.137. The Morgan fingerprint density at radius 1 is 1.05 bits per heavy atom. The van der Waals surface area contributed by atoms with Gasteiger partial charge in [0, 0.05) is 0 Å². The molecule has 1 atom stereocenters. The lowest BCUT2D eigenvalue weighted by atomic mass is 10.0. The summed E-state index contributed by atoms with van der Waals surface area (Å²) in [6.07, 6.45) is -0.964. The van der Waals surface area contributed by atoms with Crippen molar-refractivity contribution in [3.63, 3.8) is 0 Å². The van der Waals surface area contributed by atoms with Crippen LogP contribution in [0.1, 0.15) is 36.4 Å². The van der Waals surface area contributed by atoms with Crippen molar-refractivity contribution in [2.45, 2.75) is 31.5 Å². The number of halogens is 3. The van der Waals surface area contributed by atoms with Crippen LogP contribution in [0.3, 0.4) is 0 Å². The Kier molecular flexibility index (Phi) is 4.47. The van der Waals surface area contributed by atoms with Gasteiger partial charge in [0.25, 0.3) is 0 Å². The van der Waals surface area contributed by atoms with E-state index in [2.05, 4.69) is 4.90 Å². The highest BCUT2D eigenvalue weighted by Gasteiger charge is 2.30. The Labute approximate surface area is 110 Å². The molecule has 1 unspecified atom stereocenters. The monoisotopic (exact) mass is 273 g/mol. The zero-order chi connectivity index (χ0) is 13.9. The van der Waals surface area contributed by atoms with Crippen molar-refractivity contribution in [1.82, 2.24) is 4.90 Å². The van der Waals surface area contributed by atoms with Crippen LogP contribution in [-0.2, 0) is 6.18 Å². The molecule has 0 bridgehead atoms. The summed E-state index contributed by atoms with van der Waals surface area (Å²) in [5.74, 6) is 0. The highest BCUT2D eigenvalue weighted by molar-refractivity contribution is 5.27. The van der Waals surface area contributed by atoms with Gasteiger partial charge in [0.1, 0.15) is 0 Å². The Morgan fingerprint density at radius 2 is 1.63 bits per heavy atom. The summed E-state index contributed by atoms with van der Waals surface area (Å²) in [5, 5.41) is 9.50. The van der Waals surface area contributed by atoms with Crippen LogP contribution in [0.4, 0.5) is 13.2 Å². The van der Waals surface area contributed by atoms with E-state index in [4.69, 9.17) is 0 Å². The van der Waals surface area contributed by atoms with Gasteiger partial charge in [-0.2, -0.15) is 13.2 Å². The zero-order valence-corrected chi connectivity index (χ0v) is 10.7. The van der Waals surface area contributed by atoms with Crippen LogP contribution in [-0.4, -0.2) is 29.7 Å². The molecule has 0 spiro atoms. The molecular weight excluding hydrogens is 255 g/mol. The minimum atomic E-state index is -4.31. The first kappa shape index (κ1) is 14.3. The molecule has 106 valence electrons. The third kappa shape index (κ3) is 3.48. The number of alkyl halides is 3. The Balaban J connectivity index is 2.14. The average molecular weight is 273 g/mol. The van der Waals surface area contributed by atoms with E-state index in [9.17, 15) is 18.3 Å². The molecule has 1 heterocycles. The number of benzene rings is 1. The molecule has 0 saturated carbocycles. The fourth-order valence-corrected chi connectivity index (χ4v) is 2.56. The average Bonchev–Trinajstić information content (AvgIpc) is 2.40. The molecule has 1 aromatic rings. The molecule has 0 radical (unpaired) electrons. The first-order valence-electron chi connectivity index (χ1n) is 6.54. The maximum atomic E-state index is 12.5. The maximum Gasteiger partial charge on any atom is 0.416 e. The number of piperidine rings is 1. The first-order chi connectivity index (χ1) is 9.02. The van der Waals surface area contributed by atoms with Gasteiger partial charge in [-0.1, -0.05) is 18.6 Å². The van der Waals surface area contributed by atoms with Gasteiger partial charge in [-0.3, -0.25) is 4.90 Å². The third-order valence-electron chi connectivity index (χ3n) is 3.63. The molecule has 0 amide bonds. The molecule has 1 N–H and O–H groups in total. The van der Waals surface area contributed by atoms with Crippen LogP contribution in [0.15, 0.2) is 24.3 Å². The first-order valence-corrected chi connectivity index (χ1v) is 6.54. The van der Waals surface area contributed by atoms with E-state index >= 15 is 0 Å². The van der Waals surface area contributed by atoms with Gasteiger partial charge < -0.3 is 5.11 Å². The maximum absolute atomic E-state index is 12.5. The largest absolute Gasteiger partial charge is 0.416 e. The van der Waals surface area contributed by atoms with Crippen LogP contribution < -0.4 is 0 Å². The van der Waals surface area contributed by atoms with Crippen molar-refractivity contribution in [3.8, 4) is 0 Å². The molecular formula is C14H18F3NO.